The van der Waals surface area contributed by atoms with Gasteiger partial charge in [-0.1, -0.05) is 65.7 Å². The number of nitrogens with one attached hydrogen (secondary N) is 1. The number of aryl methyl sites for hydroxylation is 1. The average molecular weight is 326 g/mol. The van der Waals surface area contributed by atoms with Crippen LogP contribution in [0.15, 0.2) is 54.1 Å². The highest BCUT2D eigenvalue weighted by atomic mass is 35.5. The van der Waals surface area contributed by atoms with E-state index in [1.54, 1.807) is 0 Å². The van der Waals surface area contributed by atoms with Crippen molar-refractivity contribution in [3.05, 3.63) is 75.8 Å². The first-order valence-electron chi connectivity index (χ1n) is 8.41. The monoisotopic (exact) mass is 325 g/mol. The van der Waals surface area contributed by atoms with Crippen molar-refractivity contribution in [2.24, 2.45) is 5.92 Å². The highest BCUT2D eigenvalue weighted by Crippen LogP contribution is 2.25. The summed E-state index contributed by atoms with van der Waals surface area (Å²) in [6.45, 7) is 4.34. The third kappa shape index (κ3) is 4.70. The van der Waals surface area contributed by atoms with Crippen LogP contribution >= 0.6 is 11.6 Å². The van der Waals surface area contributed by atoms with Crippen LogP contribution in [0.2, 0.25) is 5.02 Å². The van der Waals surface area contributed by atoms with Crippen LogP contribution in [0.1, 0.15) is 29.5 Å². The largest absolute Gasteiger partial charge is 0.316 e. The molecule has 1 saturated heterocycles. The van der Waals surface area contributed by atoms with Crippen molar-refractivity contribution >= 4 is 17.7 Å². The van der Waals surface area contributed by atoms with Gasteiger partial charge in [-0.25, -0.2) is 0 Å². The molecular weight excluding hydrogens is 302 g/mol. The minimum atomic E-state index is 0.755. The zero-order chi connectivity index (χ0) is 16.1. The van der Waals surface area contributed by atoms with Crippen molar-refractivity contribution in [3.63, 3.8) is 0 Å². The summed E-state index contributed by atoms with van der Waals surface area (Å²) in [5.74, 6) is 0.755. The van der Waals surface area contributed by atoms with E-state index in [0.717, 1.165) is 42.4 Å². The van der Waals surface area contributed by atoms with Crippen molar-refractivity contribution in [3.8, 4) is 0 Å². The number of halogens is 1. The fourth-order valence-corrected chi connectivity index (χ4v) is 3.42. The van der Waals surface area contributed by atoms with E-state index in [-0.39, 0.29) is 0 Å². The minimum absolute atomic E-state index is 0.755. The highest BCUT2D eigenvalue weighted by Gasteiger charge is 2.16. The lowest BCUT2D eigenvalue weighted by Crippen LogP contribution is -2.10. The van der Waals surface area contributed by atoms with Gasteiger partial charge in [0.05, 0.1) is 0 Å². The molecule has 0 aromatic heterocycles. The second kappa shape index (κ2) is 7.81. The number of hydrogen-bond acceptors (Lipinski definition) is 1. The van der Waals surface area contributed by atoms with E-state index >= 15 is 0 Å². The van der Waals surface area contributed by atoms with Crippen molar-refractivity contribution < 1.29 is 0 Å². The molecule has 23 heavy (non-hydrogen) atoms. The lowest BCUT2D eigenvalue weighted by atomic mass is 9.92. The third-order valence-electron chi connectivity index (χ3n) is 4.55. The van der Waals surface area contributed by atoms with Gasteiger partial charge in [-0.3, -0.25) is 0 Å². The Hall–Kier alpha value is -1.57. The molecular formula is C21H24ClN. The lowest BCUT2D eigenvalue weighted by molar-refractivity contribution is 0.572. The first kappa shape index (κ1) is 16.3. The van der Waals surface area contributed by atoms with Gasteiger partial charge in [-0.2, -0.15) is 0 Å². The smallest absolute Gasteiger partial charge is 0.0441 e. The topological polar surface area (TPSA) is 12.0 Å². The maximum Gasteiger partial charge on any atom is 0.0441 e. The van der Waals surface area contributed by atoms with Crippen LogP contribution in [-0.4, -0.2) is 13.1 Å². The van der Waals surface area contributed by atoms with E-state index in [1.807, 2.05) is 6.92 Å². The number of hydrogen-bond donors (Lipinski definition) is 1. The van der Waals surface area contributed by atoms with Gasteiger partial charge >= 0.3 is 0 Å². The molecule has 0 unspecified atom stereocenters. The molecule has 1 nitrogen and oxygen atoms in total. The maximum atomic E-state index is 6.29. The fraction of sp³-hybridized carbons (Fsp3) is 0.333. The second-order valence-corrected chi connectivity index (χ2v) is 6.94. The Morgan fingerprint density at radius 2 is 2.04 bits per heavy atom. The summed E-state index contributed by atoms with van der Waals surface area (Å²) in [7, 11) is 0. The van der Waals surface area contributed by atoms with E-state index in [2.05, 4.69) is 59.9 Å². The van der Waals surface area contributed by atoms with Gasteiger partial charge in [0.15, 0.2) is 0 Å². The average Bonchev–Trinajstić information content (AvgIpc) is 3.05. The van der Waals surface area contributed by atoms with Crippen molar-refractivity contribution in [1.29, 1.82) is 0 Å². The van der Waals surface area contributed by atoms with E-state index in [0.29, 0.717) is 0 Å². The number of benzene rings is 2. The van der Waals surface area contributed by atoms with Gasteiger partial charge < -0.3 is 5.32 Å². The van der Waals surface area contributed by atoms with Crippen molar-refractivity contribution in [1.82, 2.24) is 5.32 Å². The van der Waals surface area contributed by atoms with Crippen LogP contribution in [0.25, 0.3) is 6.08 Å². The zero-order valence-corrected chi connectivity index (χ0v) is 14.4. The van der Waals surface area contributed by atoms with Crippen LogP contribution in [-0.2, 0) is 6.42 Å². The molecule has 2 aromatic rings. The molecule has 3 rings (SSSR count). The predicted molar refractivity (Wildman–Crippen MR) is 99.9 cm³/mol. The maximum absolute atomic E-state index is 6.29. The summed E-state index contributed by atoms with van der Waals surface area (Å²) in [6.07, 6.45) is 5.79. The molecule has 0 spiro atoms. The van der Waals surface area contributed by atoms with Crippen LogP contribution in [0.3, 0.4) is 0 Å². The molecule has 1 heterocycles. The molecule has 1 aliphatic rings. The minimum Gasteiger partial charge on any atom is -0.316 e. The highest BCUT2D eigenvalue weighted by molar-refractivity contribution is 6.31. The molecule has 2 aromatic carbocycles. The molecule has 2 heteroatoms. The SMILES string of the molecule is Cc1ccc(/C=C(\Cc2ccccc2)C[C@H]2CCNC2)cc1Cl. The van der Waals surface area contributed by atoms with Crippen molar-refractivity contribution in [2.45, 2.75) is 26.2 Å². The summed E-state index contributed by atoms with van der Waals surface area (Å²) < 4.78 is 0. The van der Waals surface area contributed by atoms with Gasteiger partial charge in [-0.15, -0.1) is 0 Å². The van der Waals surface area contributed by atoms with Gasteiger partial charge in [0.1, 0.15) is 0 Å². The van der Waals surface area contributed by atoms with Crippen LogP contribution in [0.4, 0.5) is 0 Å². The first-order valence-corrected chi connectivity index (χ1v) is 8.79. The summed E-state index contributed by atoms with van der Waals surface area (Å²) >= 11 is 6.29. The molecule has 0 aliphatic carbocycles. The predicted octanol–water partition coefficient (Wildman–Crippen LogP) is 5.27. The van der Waals surface area contributed by atoms with Crippen LogP contribution < -0.4 is 5.32 Å². The first-order chi connectivity index (χ1) is 11.2. The van der Waals surface area contributed by atoms with E-state index < -0.39 is 0 Å². The molecule has 0 radical (unpaired) electrons. The third-order valence-corrected chi connectivity index (χ3v) is 4.96. The normalized spacial score (nSPS) is 18.3. The van der Waals surface area contributed by atoms with Gasteiger partial charge in [0, 0.05) is 5.02 Å². The Morgan fingerprint density at radius 3 is 2.74 bits per heavy atom. The Kier molecular flexibility index (Phi) is 5.53. The number of rotatable bonds is 5. The van der Waals surface area contributed by atoms with E-state index in [1.165, 1.54) is 23.1 Å². The Balaban J connectivity index is 1.83. The molecule has 120 valence electrons. The summed E-state index contributed by atoms with van der Waals surface area (Å²) in [6, 6.07) is 17.1. The molecule has 1 atom stereocenters. The lowest BCUT2D eigenvalue weighted by Gasteiger charge is -2.13. The van der Waals surface area contributed by atoms with Crippen molar-refractivity contribution in [2.75, 3.05) is 13.1 Å². The molecule has 1 fully saturated rings. The fourth-order valence-electron chi connectivity index (χ4n) is 3.23. The summed E-state index contributed by atoms with van der Waals surface area (Å²) in [4.78, 5) is 0. The van der Waals surface area contributed by atoms with Gasteiger partial charge in [0.25, 0.3) is 0 Å². The molecule has 1 N–H and O–H groups in total. The van der Waals surface area contributed by atoms with E-state index in [9.17, 15) is 0 Å². The second-order valence-electron chi connectivity index (χ2n) is 6.54. The quantitative estimate of drug-likeness (QED) is 0.789. The zero-order valence-electron chi connectivity index (χ0n) is 13.7. The Bertz CT molecular complexity index is 669. The summed E-state index contributed by atoms with van der Waals surface area (Å²) in [5, 5.41) is 4.32. The number of allylic oxidation sites excluding steroid dienone is 1. The van der Waals surface area contributed by atoms with Gasteiger partial charge in [-0.05, 0) is 68.0 Å². The molecule has 0 amide bonds. The Morgan fingerprint density at radius 1 is 1.22 bits per heavy atom. The van der Waals surface area contributed by atoms with Crippen LogP contribution in [0, 0.1) is 12.8 Å². The standard InChI is InChI=1S/C21H24ClN/c1-16-7-8-18(14-21(16)22)12-20(13-19-9-10-23-15-19)11-17-5-3-2-4-6-17/h2-8,12,14,19,23H,9-11,13,15H2,1H3/b20-12+/t19-/m1/s1. The van der Waals surface area contributed by atoms with E-state index in [4.69, 9.17) is 11.6 Å². The Labute approximate surface area is 144 Å². The molecule has 1 aliphatic heterocycles. The van der Waals surface area contributed by atoms with Crippen LogP contribution in [0.5, 0.6) is 0 Å². The molecule has 0 saturated carbocycles. The molecule has 0 bridgehead atoms. The van der Waals surface area contributed by atoms with Gasteiger partial charge in [0.2, 0.25) is 0 Å². The summed E-state index contributed by atoms with van der Waals surface area (Å²) in [5.41, 5.74) is 5.21.